The molecule has 0 fully saturated rings. The quantitative estimate of drug-likeness (QED) is 0.788. The van der Waals surface area contributed by atoms with Crippen molar-refractivity contribution in [2.75, 3.05) is 19.6 Å². The zero-order valence-electron chi connectivity index (χ0n) is 13.6. The van der Waals surface area contributed by atoms with Crippen molar-refractivity contribution in [1.29, 1.82) is 0 Å². The number of nitrogens with one attached hydrogen (secondary N) is 1. The first kappa shape index (κ1) is 16.2. The molecule has 3 rings (SSSR count). The highest BCUT2D eigenvalue weighted by Gasteiger charge is 2.19. The van der Waals surface area contributed by atoms with Gasteiger partial charge in [0.2, 0.25) is 5.91 Å². The molecule has 0 bridgehead atoms. The van der Waals surface area contributed by atoms with Crippen LogP contribution >= 0.6 is 0 Å². The van der Waals surface area contributed by atoms with Crippen LogP contribution in [-0.2, 0) is 17.8 Å². The highest BCUT2D eigenvalue weighted by molar-refractivity contribution is 5.76. The van der Waals surface area contributed by atoms with E-state index in [1.807, 2.05) is 0 Å². The Labute approximate surface area is 138 Å². The maximum absolute atomic E-state index is 11.9. The molecule has 2 unspecified atom stereocenters. The molecule has 0 radical (unpaired) electrons. The van der Waals surface area contributed by atoms with Gasteiger partial charge in [-0.1, -0.05) is 36.4 Å². The first-order valence-electron chi connectivity index (χ1n) is 8.61. The van der Waals surface area contributed by atoms with Crippen molar-refractivity contribution in [1.82, 2.24) is 10.2 Å². The smallest absolute Gasteiger partial charge is 0.220 e. The summed E-state index contributed by atoms with van der Waals surface area (Å²) in [6.45, 7) is 2.80. The Bertz CT molecular complexity index is 570. The molecule has 1 heterocycles. The number of hydrogen-bond acceptors (Lipinski definition) is 3. The number of carbonyl (C=O) groups is 1. The number of aliphatic hydroxyl groups is 1. The molecule has 2 aliphatic rings. The molecule has 2 atom stereocenters. The Kier molecular flexibility index (Phi) is 5.47. The van der Waals surface area contributed by atoms with E-state index in [2.05, 4.69) is 46.6 Å². The fourth-order valence-electron chi connectivity index (χ4n) is 3.48. The zero-order chi connectivity index (χ0) is 16.1. The average Bonchev–Trinajstić information content (AvgIpc) is 3.06. The van der Waals surface area contributed by atoms with Gasteiger partial charge < -0.3 is 10.4 Å². The maximum atomic E-state index is 11.9. The van der Waals surface area contributed by atoms with Gasteiger partial charge in [0.1, 0.15) is 0 Å². The standard InChI is InChI=1S/C19H26N2O2/c22-18(12-20-19(23)11-15-5-1-2-6-15)14-21-10-9-16-7-3-4-8-17(16)13-21/h1,3-5,7-8,15,18,22H,2,6,9-14H2,(H,20,23). The number of hydrogen-bond donors (Lipinski definition) is 2. The number of amides is 1. The molecule has 0 spiro atoms. The van der Waals surface area contributed by atoms with E-state index >= 15 is 0 Å². The third kappa shape index (κ3) is 4.66. The van der Waals surface area contributed by atoms with E-state index in [-0.39, 0.29) is 5.91 Å². The number of nitrogens with zero attached hydrogens (tertiary/aromatic N) is 1. The van der Waals surface area contributed by atoms with Crippen LogP contribution in [-0.4, -0.2) is 41.7 Å². The minimum atomic E-state index is -0.511. The van der Waals surface area contributed by atoms with E-state index in [0.29, 0.717) is 25.4 Å². The van der Waals surface area contributed by atoms with Crippen molar-refractivity contribution in [2.45, 2.75) is 38.3 Å². The van der Waals surface area contributed by atoms with Crippen molar-refractivity contribution in [3.8, 4) is 0 Å². The van der Waals surface area contributed by atoms with Crippen molar-refractivity contribution in [2.24, 2.45) is 5.92 Å². The van der Waals surface area contributed by atoms with Gasteiger partial charge in [-0.05, 0) is 36.3 Å². The van der Waals surface area contributed by atoms with Crippen LogP contribution in [0.4, 0.5) is 0 Å². The monoisotopic (exact) mass is 314 g/mol. The van der Waals surface area contributed by atoms with E-state index in [4.69, 9.17) is 0 Å². The SMILES string of the molecule is O=C(CC1C=CCC1)NCC(O)CN1CCc2ccccc2C1. The van der Waals surface area contributed by atoms with Crippen LogP contribution in [0.2, 0.25) is 0 Å². The summed E-state index contributed by atoms with van der Waals surface area (Å²) in [6.07, 6.45) is 7.48. The highest BCUT2D eigenvalue weighted by atomic mass is 16.3. The Morgan fingerprint density at radius 1 is 1.35 bits per heavy atom. The lowest BCUT2D eigenvalue weighted by atomic mass is 10.00. The number of fused-ring (bicyclic) bond motifs is 1. The zero-order valence-corrected chi connectivity index (χ0v) is 13.6. The molecule has 2 N–H and O–H groups in total. The number of rotatable bonds is 6. The number of β-amino-alcohol motifs (C(OH)–C–C–N with tert-alkyl or cyclic N) is 1. The largest absolute Gasteiger partial charge is 0.390 e. The van der Waals surface area contributed by atoms with Crippen molar-refractivity contribution in [3.63, 3.8) is 0 Å². The average molecular weight is 314 g/mol. The molecule has 0 aromatic heterocycles. The lowest BCUT2D eigenvalue weighted by Crippen LogP contribution is -2.42. The summed E-state index contributed by atoms with van der Waals surface area (Å²) in [5.41, 5.74) is 2.76. The third-order valence-electron chi connectivity index (χ3n) is 4.77. The number of allylic oxidation sites excluding steroid dienone is 2. The fourth-order valence-corrected chi connectivity index (χ4v) is 3.48. The topological polar surface area (TPSA) is 52.6 Å². The highest BCUT2D eigenvalue weighted by Crippen LogP contribution is 2.20. The molecule has 1 aromatic carbocycles. The maximum Gasteiger partial charge on any atom is 0.220 e. The van der Waals surface area contributed by atoms with Crippen LogP contribution < -0.4 is 5.32 Å². The Balaban J connectivity index is 1.39. The van der Waals surface area contributed by atoms with Gasteiger partial charge in [-0.25, -0.2) is 0 Å². The van der Waals surface area contributed by atoms with Gasteiger partial charge in [0.15, 0.2) is 0 Å². The first-order valence-corrected chi connectivity index (χ1v) is 8.61. The van der Waals surface area contributed by atoms with E-state index in [1.165, 1.54) is 11.1 Å². The minimum Gasteiger partial charge on any atom is -0.390 e. The Morgan fingerprint density at radius 2 is 2.17 bits per heavy atom. The van der Waals surface area contributed by atoms with Gasteiger partial charge in [0, 0.05) is 32.6 Å². The summed E-state index contributed by atoms with van der Waals surface area (Å²) in [5.74, 6) is 0.426. The lowest BCUT2D eigenvalue weighted by Gasteiger charge is -2.30. The summed E-state index contributed by atoms with van der Waals surface area (Å²) in [7, 11) is 0. The van der Waals surface area contributed by atoms with E-state index in [1.54, 1.807) is 0 Å². The molecule has 0 saturated carbocycles. The summed E-state index contributed by atoms with van der Waals surface area (Å²) in [5, 5.41) is 13.1. The molecule has 4 heteroatoms. The van der Waals surface area contributed by atoms with Crippen molar-refractivity contribution < 1.29 is 9.90 Å². The second-order valence-electron chi connectivity index (χ2n) is 6.68. The molecular weight excluding hydrogens is 288 g/mol. The molecular formula is C19H26N2O2. The summed E-state index contributed by atoms with van der Waals surface area (Å²) < 4.78 is 0. The third-order valence-corrected chi connectivity index (χ3v) is 4.77. The van der Waals surface area contributed by atoms with Crippen molar-refractivity contribution >= 4 is 5.91 Å². The lowest BCUT2D eigenvalue weighted by molar-refractivity contribution is -0.122. The normalized spacial score (nSPS) is 21.9. The van der Waals surface area contributed by atoms with Gasteiger partial charge in [-0.2, -0.15) is 0 Å². The van der Waals surface area contributed by atoms with Crippen LogP contribution in [0.25, 0.3) is 0 Å². The van der Waals surface area contributed by atoms with Crippen molar-refractivity contribution in [3.05, 3.63) is 47.5 Å². The number of carbonyl (C=O) groups excluding carboxylic acids is 1. The molecule has 124 valence electrons. The summed E-state index contributed by atoms with van der Waals surface area (Å²) in [4.78, 5) is 14.2. The second kappa shape index (κ2) is 7.75. The predicted molar refractivity (Wildman–Crippen MR) is 90.9 cm³/mol. The first-order chi connectivity index (χ1) is 11.2. The molecule has 4 nitrogen and oxygen atoms in total. The molecule has 1 amide bonds. The molecule has 1 aromatic rings. The fraction of sp³-hybridized carbons (Fsp3) is 0.526. The van der Waals surface area contributed by atoms with Gasteiger partial charge in [0.25, 0.3) is 0 Å². The van der Waals surface area contributed by atoms with Gasteiger partial charge in [0.05, 0.1) is 6.10 Å². The van der Waals surface area contributed by atoms with Gasteiger partial charge in [-0.15, -0.1) is 0 Å². The number of benzene rings is 1. The van der Waals surface area contributed by atoms with E-state index in [9.17, 15) is 9.90 Å². The molecule has 0 saturated heterocycles. The van der Waals surface area contributed by atoms with E-state index in [0.717, 1.165) is 32.4 Å². The second-order valence-corrected chi connectivity index (χ2v) is 6.68. The van der Waals surface area contributed by atoms with Gasteiger partial charge >= 0.3 is 0 Å². The molecule has 1 aliphatic carbocycles. The molecule has 1 aliphatic heterocycles. The van der Waals surface area contributed by atoms with Crippen LogP contribution in [0.1, 0.15) is 30.4 Å². The van der Waals surface area contributed by atoms with Crippen LogP contribution in [0.3, 0.4) is 0 Å². The Hall–Kier alpha value is -1.65. The summed E-state index contributed by atoms with van der Waals surface area (Å²) in [6, 6.07) is 8.49. The van der Waals surface area contributed by atoms with Crippen LogP contribution in [0, 0.1) is 5.92 Å². The Morgan fingerprint density at radius 3 is 2.96 bits per heavy atom. The predicted octanol–water partition coefficient (Wildman–Crippen LogP) is 1.88. The number of aliphatic hydroxyl groups excluding tert-OH is 1. The van der Waals surface area contributed by atoms with E-state index < -0.39 is 6.10 Å². The summed E-state index contributed by atoms with van der Waals surface area (Å²) >= 11 is 0. The van der Waals surface area contributed by atoms with Gasteiger partial charge in [-0.3, -0.25) is 9.69 Å². The van der Waals surface area contributed by atoms with Crippen LogP contribution in [0.5, 0.6) is 0 Å². The minimum absolute atomic E-state index is 0.0459. The molecule has 23 heavy (non-hydrogen) atoms. The van der Waals surface area contributed by atoms with Crippen LogP contribution in [0.15, 0.2) is 36.4 Å².